The number of nitrogens with zero attached hydrogens (tertiary/aromatic N) is 1. The zero-order valence-corrected chi connectivity index (χ0v) is 13.9. The van der Waals surface area contributed by atoms with E-state index in [4.69, 9.17) is 14.2 Å². The van der Waals surface area contributed by atoms with Crippen LogP contribution in [0.3, 0.4) is 0 Å². The van der Waals surface area contributed by atoms with E-state index >= 15 is 0 Å². The van der Waals surface area contributed by atoms with Crippen LogP contribution in [0.5, 0.6) is 17.2 Å². The summed E-state index contributed by atoms with van der Waals surface area (Å²) in [7, 11) is 1.77. The molecule has 2 aromatic carbocycles. The summed E-state index contributed by atoms with van der Waals surface area (Å²) < 4.78 is 17.0. The molecule has 3 rings (SSSR count). The highest BCUT2D eigenvalue weighted by atomic mass is 16.6. The van der Waals surface area contributed by atoms with Crippen LogP contribution in [0.2, 0.25) is 0 Å². The van der Waals surface area contributed by atoms with Crippen molar-refractivity contribution in [2.45, 2.75) is 13.0 Å². The molecule has 1 amide bonds. The Hall–Kier alpha value is -2.69. The van der Waals surface area contributed by atoms with Crippen molar-refractivity contribution in [2.75, 3.05) is 26.8 Å². The first-order valence-corrected chi connectivity index (χ1v) is 8.04. The van der Waals surface area contributed by atoms with Crippen LogP contribution in [0.25, 0.3) is 0 Å². The van der Waals surface area contributed by atoms with Crippen LogP contribution in [0.4, 0.5) is 0 Å². The number of ether oxygens (including phenoxy) is 3. The molecule has 1 aliphatic rings. The van der Waals surface area contributed by atoms with Gasteiger partial charge in [0.25, 0.3) is 5.91 Å². The zero-order valence-electron chi connectivity index (χ0n) is 13.9. The number of amides is 1. The topological polar surface area (TPSA) is 48.0 Å². The standard InChI is InChI=1S/C19H21NO4/c1-3-22-15-10-8-14(9-11-15)19(21)20(2)12-16-13-23-17-6-4-5-7-18(17)24-16/h4-11,16H,3,12-13H2,1-2H3. The molecule has 5 heteroatoms. The van der Waals surface area contributed by atoms with Gasteiger partial charge in [0, 0.05) is 12.6 Å². The molecule has 0 aliphatic carbocycles. The predicted octanol–water partition coefficient (Wildman–Crippen LogP) is 3.00. The average Bonchev–Trinajstić information content (AvgIpc) is 2.62. The molecule has 126 valence electrons. The van der Waals surface area contributed by atoms with Crippen molar-refractivity contribution < 1.29 is 19.0 Å². The Morgan fingerprint density at radius 3 is 2.58 bits per heavy atom. The molecule has 24 heavy (non-hydrogen) atoms. The van der Waals surface area contributed by atoms with Gasteiger partial charge >= 0.3 is 0 Å². The summed E-state index contributed by atoms with van der Waals surface area (Å²) in [5.41, 5.74) is 0.623. The van der Waals surface area contributed by atoms with Gasteiger partial charge in [-0.1, -0.05) is 12.1 Å². The molecular weight excluding hydrogens is 306 g/mol. The number of rotatable bonds is 5. The monoisotopic (exact) mass is 327 g/mol. The van der Waals surface area contributed by atoms with Crippen LogP contribution in [-0.4, -0.2) is 43.7 Å². The van der Waals surface area contributed by atoms with E-state index < -0.39 is 0 Å². The molecule has 0 spiro atoms. The van der Waals surface area contributed by atoms with E-state index in [1.54, 1.807) is 36.2 Å². The van der Waals surface area contributed by atoms with Crippen LogP contribution in [0, 0.1) is 0 Å². The maximum atomic E-state index is 12.5. The van der Waals surface area contributed by atoms with E-state index in [1.165, 1.54) is 0 Å². The first kappa shape index (κ1) is 16.2. The third-order valence-electron chi connectivity index (χ3n) is 3.80. The van der Waals surface area contributed by atoms with Gasteiger partial charge in [-0.25, -0.2) is 0 Å². The van der Waals surface area contributed by atoms with Gasteiger partial charge in [0.15, 0.2) is 17.6 Å². The number of hydrogen-bond donors (Lipinski definition) is 0. The molecule has 1 unspecified atom stereocenters. The molecule has 2 aromatic rings. The van der Waals surface area contributed by atoms with E-state index in [1.807, 2.05) is 31.2 Å². The number of likely N-dealkylation sites (N-methyl/N-ethyl adjacent to an activating group) is 1. The van der Waals surface area contributed by atoms with Gasteiger partial charge in [0.2, 0.25) is 0 Å². The summed E-state index contributed by atoms with van der Waals surface area (Å²) in [6, 6.07) is 14.7. The molecule has 1 heterocycles. The first-order valence-electron chi connectivity index (χ1n) is 8.04. The number of hydrogen-bond acceptors (Lipinski definition) is 4. The summed E-state index contributed by atoms with van der Waals surface area (Å²) in [6.45, 7) is 3.42. The summed E-state index contributed by atoms with van der Waals surface area (Å²) >= 11 is 0. The normalized spacial score (nSPS) is 15.7. The van der Waals surface area contributed by atoms with Gasteiger partial charge in [-0.15, -0.1) is 0 Å². The van der Waals surface area contributed by atoms with Gasteiger partial charge in [0.05, 0.1) is 13.2 Å². The molecule has 0 bridgehead atoms. The fraction of sp³-hybridized carbons (Fsp3) is 0.316. The Morgan fingerprint density at radius 2 is 1.88 bits per heavy atom. The van der Waals surface area contributed by atoms with Crippen LogP contribution in [0.1, 0.15) is 17.3 Å². The molecule has 0 aromatic heterocycles. The van der Waals surface area contributed by atoms with Gasteiger partial charge in [0.1, 0.15) is 12.4 Å². The van der Waals surface area contributed by atoms with Crippen LogP contribution in [-0.2, 0) is 0 Å². The largest absolute Gasteiger partial charge is 0.494 e. The molecule has 1 atom stereocenters. The van der Waals surface area contributed by atoms with Gasteiger partial charge < -0.3 is 19.1 Å². The highest BCUT2D eigenvalue weighted by Crippen LogP contribution is 2.31. The van der Waals surface area contributed by atoms with Crippen LogP contribution < -0.4 is 14.2 Å². The Kier molecular flexibility index (Phi) is 4.89. The second-order valence-corrected chi connectivity index (χ2v) is 5.64. The lowest BCUT2D eigenvalue weighted by Crippen LogP contribution is -2.41. The fourth-order valence-electron chi connectivity index (χ4n) is 2.62. The van der Waals surface area contributed by atoms with Crippen molar-refractivity contribution in [1.29, 1.82) is 0 Å². The zero-order chi connectivity index (χ0) is 16.9. The maximum absolute atomic E-state index is 12.5. The summed E-state index contributed by atoms with van der Waals surface area (Å²) in [5.74, 6) is 2.17. The Morgan fingerprint density at radius 1 is 1.17 bits per heavy atom. The second kappa shape index (κ2) is 7.25. The minimum Gasteiger partial charge on any atom is -0.494 e. The number of carbonyl (C=O) groups excluding carboxylic acids is 1. The molecule has 0 saturated carbocycles. The minimum atomic E-state index is -0.184. The lowest BCUT2D eigenvalue weighted by atomic mass is 10.2. The highest BCUT2D eigenvalue weighted by molar-refractivity contribution is 5.94. The van der Waals surface area contributed by atoms with Gasteiger partial charge in [-0.05, 0) is 43.3 Å². The van der Waals surface area contributed by atoms with E-state index in [2.05, 4.69) is 0 Å². The Balaban J connectivity index is 1.60. The lowest BCUT2D eigenvalue weighted by molar-refractivity contribution is 0.0521. The van der Waals surface area contributed by atoms with E-state index in [0.29, 0.717) is 25.3 Å². The molecule has 0 fully saturated rings. The van der Waals surface area contributed by atoms with E-state index in [0.717, 1.165) is 17.2 Å². The molecular formula is C19H21NO4. The summed E-state index contributed by atoms with van der Waals surface area (Å²) in [5, 5.41) is 0. The third kappa shape index (κ3) is 3.62. The van der Waals surface area contributed by atoms with Crippen molar-refractivity contribution >= 4 is 5.91 Å². The van der Waals surface area contributed by atoms with Crippen LogP contribution in [0.15, 0.2) is 48.5 Å². The fourth-order valence-corrected chi connectivity index (χ4v) is 2.62. The number of para-hydroxylation sites is 2. The highest BCUT2D eigenvalue weighted by Gasteiger charge is 2.24. The van der Waals surface area contributed by atoms with Crippen LogP contribution >= 0.6 is 0 Å². The van der Waals surface area contributed by atoms with E-state index in [9.17, 15) is 4.79 Å². The Labute approximate surface area is 141 Å². The molecule has 1 aliphatic heterocycles. The SMILES string of the molecule is CCOc1ccc(C(=O)N(C)CC2COc3ccccc3O2)cc1. The second-order valence-electron chi connectivity index (χ2n) is 5.64. The van der Waals surface area contributed by atoms with Crippen molar-refractivity contribution in [1.82, 2.24) is 4.90 Å². The molecule has 0 radical (unpaired) electrons. The predicted molar refractivity (Wildman–Crippen MR) is 90.9 cm³/mol. The lowest BCUT2D eigenvalue weighted by Gasteiger charge is -2.29. The summed E-state index contributed by atoms with van der Waals surface area (Å²) in [6.07, 6.45) is -0.184. The molecule has 5 nitrogen and oxygen atoms in total. The van der Waals surface area contributed by atoms with E-state index in [-0.39, 0.29) is 12.0 Å². The number of benzene rings is 2. The van der Waals surface area contributed by atoms with Crippen molar-refractivity contribution in [2.24, 2.45) is 0 Å². The number of fused-ring (bicyclic) bond motifs is 1. The molecule has 0 saturated heterocycles. The number of carbonyl (C=O) groups is 1. The smallest absolute Gasteiger partial charge is 0.253 e. The van der Waals surface area contributed by atoms with Gasteiger partial charge in [-0.2, -0.15) is 0 Å². The van der Waals surface area contributed by atoms with Gasteiger partial charge in [-0.3, -0.25) is 4.79 Å². The average molecular weight is 327 g/mol. The Bertz CT molecular complexity index is 699. The maximum Gasteiger partial charge on any atom is 0.253 e. The molecule has 0 N–H and O–H groups in total. The van der Waals surface area contributed by atoms with Crippen molar-refractivity contribution in [3.05, 3.63) is 54.1 Å². The summed E-state index contributed by atoms with van der Waals surface area (Å²) in [4.78, 5) is 14.2. The third-order valence-corrected chi connectivity index (χ3v) is 3.80. The van der Waals surface area contributed by atoms with Crippen molar-refractivity contribution in [3.63, 3.8) is 0 Å². The minimum absolute atomic E-state index is 0.0551. The quantitative estimate of drug-likeness (QED) is 0.847. The first-order chi connectivity index (χ1) is 11.7. The van der Waals surface area contributed by atoms with Crippen molar-refractivity contribution in [3.8, 4) is 17.2 Å².